The highest BCUT2D eigenvalue weighted by Crippen LogP contribution is 2.18. The molecule has 1 fully saturated rings. The molecule has 0 unspecified atom stereocenters. The number of ether oxygens (including phenoxy) is 1. The normalized spacial score (nSPS) is 16.0. The lowest BCUT2D eigenvalue weighted by Crippen LogP contribution is -2.43. The second-order valence-electron chi connectivity index (χ2n) is 6.47. The van der Waals surface area contributed by atoms with Crippen molar-refractivity contribution < 1.29 is 14.3 Å². The second-order valence-corrected chi connectivity index (χ2v) is 6.47. The molecule has 1 aromatic rings. The fraction of sp³-hybridized carbons (Fsp3) is 0.556. The van der Waals surface area contributed by atoms with Gasteiger partial charge in [0, 0.05) is 24.3 Å². The highest BCUT2D eigenvalue weighted by Gasteiger charge is 2.22. The van der Waals surface area contributed by atoms with E-state index in [1.54, 1.807) is 31.4 Å². The Kier molecular flexibility index (Phi) is 6.61. The van der Waals surface area contributed by atoms with Crippen molar-refractivity contribution in [2.75, 3.05) is 32.1 Å². The minimum Gasteiger partial charge on any atom is -0.497 e. The van der Waals surface area contributed by atoms with Crippen molar-refractivity contribution in [2.45, 2.75) is 32.7 Å². The van der Waals surface area contributed by atoms with E-state index in [4.69, 9.17) is 4.74 Å². The van der Waals surface area contributed by atoms with Crippen LogP contribution in [0, 0.1) is 5.92 Å². The number of nitrogens with one attached hydrogen (secondary N) is 2. The Labute approximate surface area is 143 Å². The third-order valence-corrected chi connectivity index (χ3v) is 4.46. The highest BCUT2D eigenvalue weighted by molar-refractivity contribution is 6.39. The molecule has 0 radical (unpaired) electrons. The first-order valence-corrected chi connectivity index (χ1v) is 8.47. The lowest BCUT2D eigenvalue weighted by Gasteiger charge is -2.34. The summed E-state index contributed by atoms with van der Waals surface area (Å²) in [6.07, 6.45) is 2.10. The van der Waals surface area contributed by atoms with Crippen LogP contribution in [0.2, 0.25) is 0 Å². The van der Waals surface area contributed by atoms with Crippen molar-refractivity contribution in [3.63, 3.8) is 0 Å². The van der Waals surface area contributed by atoms with Gasteiger partial charge in [-0.05, 0) is 57.8 Å². The third kappa shape index (κ3) is 5.23. The zero-order valence-electron chi connectivity index (χ0n) is 14.7. The molecule has 132 valence electrons. The van der Waals surface area contributed by atoms with Gasteiger partial charge >= 0.3 is 11.8 Å². The van der Waals surface area contributed by atoms with Crippen LogP contribution < -0.4 is 15.4 Å². The number of rotatable bonds is 5. The number of likely N-dealkylation sites (tertiary alicyclic amines) is 1. The van der Waals surface area contributed by atoms with Gasteiger partial charge in [0.15, 0.2) is 0 Å². The molecular formula is C18H27N3O3. The summed E-state index contributed by atoms with van der Waals surface area (Å²) in [6, 6.07) is 7.49. The van der Waals surface area contributed by atoms with E-state index in [9.17, 15) is 9.59 Å². The van der Waals surface area contributed by atoms with Crippen molar-refractivity contribution in [2.24, 2.45) is 5.92 Å². The van der Waals surface area contributed by atoms with Crippen LogP contribution in [0.5, 0.6) is 5.75 Å². The number of hydrogen-bond donors (Lipinski definition) is 2. The Bertz CT molecular complexity index is 566. The van der Waals surface area contributed by atoms with Crippen LogP contribution in [0.15, 0.2) is 24.3 Å². The van der Waals surface area contributed by atoms with Gasteiger partial charge in [0.05, 0.1) is 7.11 Å². The van der Waals surface area contributed by atoms with Crippen molar-refractivity contribution >= 4 is 17.5 Å². The van der Waals surface area contributed by atoms with Crippen LogP contribution in [0.25, 0.3) is 0 Å². The second kappa shape index (κ2) is 8.68. The predicted molar refractivity (Wildman–Crippen MR) is 94.1 cm³/mol. The first-order chi connectivity index (χ1) is 11.5. The minimum absolute atomic E-state index is 0.438. The zero-order chi connectivity index (χ0) is 17.5. The molecule has 1 aliphatic rings. The van der Waals surface area contributed by atoms with E-state index in [0.717, 1.165) is 25.9 Å². The lowest BCUT2D eigenvalue weighted by molar-refractivity contribution is -0.136. The summed E-state index contributed by atoms with van der Waals surface area (Å²) >= 11 is 0. The number of benzene rings is 1. The van der Waals surface area contributed by atoms with E-state index >= 15 is 0 Å². The predicted octanol–water partition coefficient (Wildman–Crippen LogP) is 1.87. The van der Waals surface area contributed by atoms with Gasteiger partial charge in [-0.3, -0.25) is 9.59 Å². The van der Waals surface area contributed by atoms with Gasteiger partial charge < -0.3 is 20.3 Å². The summed E-state index contributed by atoms with van der Waals surface area (Å²) in [6.45, 7) is 7.05. The molecular weight excluding hydrogens is 306 g/mol. The molecule has 1 heterocycles. The van der Waals surface area contributed by atoms with E-state index in [-0.39, 0.29) is 0 Å². The summed E-state index contributed by atoms with van der Waals surface area (Å²) in [4.78, 5) is 26.3. The number of anilines is 1. The van der Waals surface area contributed by atoms with Crippen LogP contribution in [-0.4, -0.2) is 49.5 Å². The monoisotopic (exact) mass is 333 g/mol. The molecule has 6 heteroatoms. The fourth-order valence-electron chi connectivity index (χ4n) is 2.88. The topological polar surface area (TPSA) is 70.7 Å². The van der Waals surface area contributed by atoms with Gasteiger partial charge in [-0.2, -0.15) is 0 Å². The molecule has 6 nitrogen and oxygen atoms in total. The lowest BCUT2D eigenvalue weighted by atomic mass is 9.96. The molecule has 0 saturated carbocycles. The first-order valence-electron chi connectivity index (χ1n) is 8.47. The maximum atomic E-state index is 12.0. The van der Waals surface area contributed by atoms with E-state index < -0.39 is 11.8 Å². The summed E-state index contributed by atoms with van der Waals surface area (Å²) in [5, 5.41) is 5.33. The van der Waals surface area contributed by atoms with Gasteiger partial charge in [-0.25, -0.2) is 0 Å². The van der Waals surface area contributed by atoms with Crippen molar-refractivity contribution in [3.8, 4) is 5.75 Å². The summed E-state index contributed by atoms with van der Waals surface area (Å²) < 4.78 is 5.09. The number of hydrogen-bond acceptors (Lipinski definition) is 4. The molecule has 0 spiro atoms. The number of carbonyl (C=O) groups is 2. The van der Waals surface area contributed by atoms with Gasteiger partial charge in [-0.1, -0.05) is 6.07 Å². The summed E-state index contributed by atoms with van der Waals surface area (Å²) in [7, 11) is 1.55. The molecule has 1 aromatic carbocycles. The third-order valence-electron chi connectivity index (χ3n) is 4.46. The largest absolute Gasteiger partial charge is 0.497 e. The van der Waals surface area contributed by atoms with Gasteiger partial charge in [-0.15, -0.1) is 0 Å². The number of piperidine rings is 1. The molecule has 2 N–H and O–H groups in total. The first kappa shape index (κ1) is 18.3. The van der Waals surface area contributed by atoms with Crippen LogP contribution in [0.4, 0.5) is 5.69 Å². The Balaban J connectivity index is 1.75. The maximum Gasteiger partial charge on any atom is 0.313 e. The van der Waals surface area contributed by atoms with Crippen LogP contribution in [0.3, 0.4) is 0 Å². The van der Waals surface area contributed by atoms with Gasteiger partial charge in [0.25, 0.3) is 0 Å². The molecule has 1 saturated heterocycles. The molecule has 0 aromatic heterocycles. The standard InChI is InChI=1S/C18H27N3O3/c1-13(2)21-9-7-14(8-10-21)12-19-17(22)18(23)20-15-5-4-6-16(11-15)24-3/h4-6,11,13-14H,7-10,12H2,1-3H3,(H,19,22)(H,20,23). The van der Waals surface area contributed by atoms with Crippen LogP contribution in [-0.2, 0) is 9.59 Å². The average molecular weight is 333 g/mol. The van der Waals surface area contributed by atoms with E-state index in [2.05, 4.69) is 29.4 Å². The van der Waals surface area contributed by atoms with Crippen LogP contribution in [0.1, 0.15) is 26.7 Å². The summed E-state index contributed by atoms with van der Waals surface area (Å²) in [5.74, 6) is -0.175. The molecule has 1 aliphatic heterocycles. The average Bonchev–Trinajstić information content (AvgIpc) is 2.60. The number of methoxy groups -OCH3 is 1. The van der Waals surface area contributed by atoms with Crippen molar-refractivity contribution in [1.29, 1.82) is 0 Å². The minimum atomic E-state index is -0.650. The Morgan fingerprint density at radius 3 is 2.58 bits per heavy atom. The number of carbonyl (C=O) groups excluding carboxylic acids is 2. The number of amides is 2. The van der Waals surface area contributed by atoms with Crippen molar-refractivity contribution in [3.05, 3.63) is 24.3 Å². The van der Waals surface area contributed by atoms with E-state index in [1.165, 1.54) is 0 Å². The molecule has 24 heavy (non-hydrogen) atoms. The Morgan fingerprint density at radius 1 is 1.25 bits per heavy atom. The molecule has 0 atom stereocenters. The quantitative estimate of drug-likeness (QED) is 0.807. The van der Waals surface area contributed by atoms with E-state index in [0.29, 0.717) is 29.9 Å². The smallest absolute Gasteiger partial charge is 0.313 e. The van der Waals surface area contributed by atoms with Crippen molar-refractivity contribution in [1.82, 2.24) is 10.2 Å². The molecule has 0 bridgehead atoms. The SMILES string of the molecule is COc1cccc(NC(=O)C(=O)NCC2CCN(C(C)C)CC2)c1. The Morgan fingerprint density at radius 2 is 1.96 bits per heavy atom. The Hall–Kier alpha value is -2.08. The maximum absolute atomic E-state index is 12.0. The van der Waals surface area contributed by atoms with Gasteiger partial charge in [0.2, 0.25) is 0 Å². The van der Waals surface area contributed by atoms with E-state index in [1.807, 2.05) is 0 Å². The molecule has 2 amide bonds. The van der Waals surface area contributed by atoms with Crippen LogP contribution >= 0.6 is 0 Å². The number of nitrogens with zero attached hydrogens (tertiary/aromatic N) is 1. The highest BCUT2D eigenvalue weighted by atomic mass is 16.5. The van der Waals surface area contributed by atoms with Gasteiger partial charge in [0.1, 0.15) is 5.75 Å². The summed E-state index contributed by atoms with van der Waals surface area (Å²) in [5.41, 5.74) is 0.541. The molecule has 0 aliphatic carbocycles. The zero-order valence-corrected chi connectivity index (χ0v) is 14.7. The molecule has 2 rings (SSSR count). The fourth-order valence-corrected chi connectivity index (χ4v) is 2.88.